The van der Waals surface area contributed by atoms with Gasteiger partial charge in [0.05, 0.1) is 42.9 Å². The number of hydrogen-bond acceptors (Lipinski definition) is 5. The van der Waals surface area contributed by atoms with Crippen LogP contribution in [0.3, 0.4) is 0 Å². The number of amides is 2. The van der Waals surface area contributed by atoms with Gasteiger partial charge in [-0.3, -0.25) is 14.3 Å². The van der Waals surface area contributed by atoms with Crippen LogP contribution in [0.1, 0.15) is 36.1 Å². The summed E-state index contributed by atoms with van der Waals surface area (Å²) in [5.41, 5.74) is 2.13. The van der Waals surface area contributed by atoms with Crippen LogP contribution >= 0.6 is 0 Å². The van der Waals surface area contributed by atoms with E-state index in [-0.39, 0.29) is 24.7 Å². The fourth-order valence-corrected chi connectivity index (χ4v) is 2.76. The van der Waals surface area contributed by atoms with E-state index < -0.39 is 0 Å². The first-order valence-corrected chi connectivity index (χ1v) is 9.23. The van der Waals surface area contributed by atoms with Gasteiger partial charge in [-0.05, 0) is 36.2 Å². The van der Waals surface area contributed by atoms with E-state index in [9.17, 15) is 9.59 Å². The minimum Gasteiger partial charge on any atom is -0.467 e. The highest BCUT2D eigenvalue weighted by Crippen LogP contribution is 2.10. The van der Waals surface area contributed by atoms with E-state index in [4.69, 9.17) is 9.68 Å². The van der Waals surface area contributed by atoms with Crippen molar-refractivity contribution in [2.45, 2.75) is 32.4 Å². The molecule has 8 nitrogen and oxygen atoms in total. The molecule has 0 saturated heterocycles. The summed E-state index contributed by atoms with van der Waals surface area (Å²) in [4.78, 5) is 23.8. The third kappa shape index (κ3) is 6.36. The third-order valence-corrected chi connectivity index (χ3v) is 4.17. The molecule has 0 aliphatic heterocycles. The molecule has 29 heavy (non-hydrogen) atoms. The van der Waals surface area contributed by atoms with Crippen LogP contribution in [0, 0.1) is 11.3 Å². The molecule has 3 aromatic rings. The third-order valence-electron chi connectivity index (χ3n) is 4.17. The number of carbonyl (C=O) groups excluding carboxylic acids is 2. The normalized spacial score (nSPS) is 10.3. The summed E-state index contributed by atoms with van der Waals surface area (Å²) in [6, 6.07) is 12.9. The Bertz CT molecular complexity index is 1000. The van der Waals surface area contributed by atoms with Crippen molar-refractivity contribution in [3.05, 3.63) is 71.9 Å². The average molecular weight is 391 g/mol. The Morgan fingerprint density at radius 2 is 2.03 bits per heavy atom. The fourth-order valence-electron chi connectivity index (χ4n) is 2.76. The Morgan fingerprint density at radius 1 is 1.17 bits per heavy atom. The van der Waals surface area contributed by atoms with E-state index in [0.717, 1.165) is 5.56 Å². The zero-order valence-electron chi connectivity index (χ0n) is 15.8. The van der Waals surface area contributed by atoms with Gasteiger partial charge in [-0.1, -0.05) is 12.1 Å². The maximum atomic E-state index is 12.1. The number of rotatable bonds is 9. The molecule has 2 aromatic heterocycles. The molecule has 2 amide bonds. The summed E-state index contributed by atoms with van der Waals surface area (Å²) in [6.07, 6.45) is 5.81. The molecule has 0 saturated carbocycles. The number of nitrogens with zero attached hydrogens (tertiary/aromatic N) is 3. The SMILES string of the molecule is N#Cc1cccc(Cn2cc(NC(=O)CCCC(=O)NCc3ccco3)cn2)c1. The van der Waals surface area contributed by atoms with Gasteiger partial charge in [0.15, 0.2) is 0 Å². The van der Waals surface area contributed by atoms with Gasteiger partial charge in [0.2, 0.25) is 11.8 Å². The number of nitrogens with one attached hydrogen (secondary N) is 2. The van der Waals surface area contributed by atoms with Crippen LogP contribution in [0.2, 0.25) is 0 Å². The first kappa shape index (κ1) is 19.9. The largest absolute Gasteiger partial charge is 0.467 e. The zero-order valence-corrected chi connectivity index (χ0v) is 15.8. The van der Waals surface area contributed by atoms with Crippen molar-refractivity contribution >= 4 is 17.5 Å². The smallest absolute Gasteiger partial charge is 0.224 e. The van der Waals surface area contributed by atoms with Crippen LogP contribution in [-0.2, 0) is 22.7 Å². The number of aromatic nitrogens is 2. The highest BCUT2D eigenvalue weighted by molar-refractivity contribution is 5.90. The molecule has 2 heterocycles. The van der Waals surface area contributed by atoms with Gasteiger partial charge < -0.3 is 15.1 Å². The zero-order chi connectivity index (χ0) is 20.5. The summed E-state index contributed by atoms with van der Waals surface area (Å²) < 4.78 is 6.83. The highest BCUT2D eigenvalue weighted by atomic mass is 16.3. The van der Waals surface area contributed by atoms with Crippen molar-refractivity contribution in [3.8, 4) is 6.07 Å². The molecule has 1 aromatic carbocycles. The minimum absolute atomic E-state index is 0.124. The molecule has 2 N–H and O–H groups in total. The van der Waals surface area contributed by atoms with Crippen LogP contribution in [0.25, 0.3) is 0 Å². The Hall–Kier alpha value is -3.86. The van der Waals surface area contributed by atoms with E-state index >= 15 is 0 Å². The first-order chi connectivity index (χ1) is 14.1. The van der Waals surface area contributed by atoms with Gasteiger partial charge in [0.1, 0.15) is 5.76 Å². The monoisotopic (exact) mass is 391 g/mol. The van der Waals surface area contributed by atoms with Crippen LogP contribution in [0.15, 0.2) is 59.5 Å². The van der Waals surface area contributed by atoms with Crippen LogP contribution in [-0.4, -0.2) is 21.6 Å². The number of furan rings is 1. The number of carbonyl (C=O) groups is 2. The predicted octanol–water partition coefficient (Wildman–Crippen LogP) is 2.82. The predicted molar refractivity (Wildman–Crippen MR) is 106 cm³/mol. The summed E-state index contributed by atoms with van der Waals surface area (Å²) in [5.74, 6) is 0.393. The molecule has 0 spiro atoms. The lowest BCUT2D eigenvalue weighted by molar-refractivity contribution is -0.121. The number of nitriles is 1. The molecule has 0 radical (unpaired) electrons. The van der Waals surface area contributed by atoms with E-state index in [0.29, 0.717) is 36.5 Å². The van der Waals surface area contributed by atoms with Crippen LogP contribution in [0.4, 0.5) is 5.69 Å². The molecule has 8 heteroatoms. The minimum atomic E-state index is -0.171. The molecule has 0 bridgehead atoms. The maximum Gasteiger partial charge on any atom is 0.224 e. The molecule has 0 fully saturated rings. The first-order valence-electron chi connectivity index (χ1n) is 9.23. The molecule has 0 aliphatic rings. The Labute approximate surface area is 168 Å². The quantitative estimate of drug-likeness (QED) is 0.582. The van der Waals surface area contributed by atoms with Gasteiger partial charge in [-0.2, -0.15) is 10.4 Å². The van der Waals surface area contributed by atoms with E-state index in [1.807, 2.05) is 12.1 Å². The second kappa shape index (κ2) is 9.90. The molecular weight excluding hydrogens is 370 g/mol. The van der Waals surface area contributed by atoms with E-state index in [1.165, 1.54) is 0 Å². The lowest BCUT2D eigenvalue weighted by Crippen LogP contribution is -2.22. The van der Waals surface area contributed by atoms with Crippen LogP contribution in [0.5, 0.6) is 0 Å². The second-order valence-electron chi connectivity index (χ2n) is 6.50. The summed E-state index contributed by atoms with van der Waals surface area (Å²) in [7, 11) is 0. The summed E-state index contributed by atoms with van der Waals surface area (Å²) >= 11 is 0. The van der Waals surface area contributed by atoms with Gasteiger partial charge in [0, 0.05) is 19.0 Å². The van der Waals surface area contributed by atoms with Crippen molar-refractivity contribution in [1.82, 2.24) is 15.1 Å². The van der Waals surface area contributed by atoms with Crippen molar-refractivity contribution in [2.24, 2.45) is 0 Å². The Morgan fingerprint density at radius 3 is 2.83 bits per heavy atom. The number of benzene rings is 1. The van der Waals surface area contributed by atoms with Crippen molar-refractivity contribution in [2.75, 3.05) is 5.32 Å². The van der Waals surface area contributed by atoms with Crippen molar-refractivity contribution < 1.29 is 14.0 Å². The Balaban J connectivity index is 1.38. The lowest BCUT2D eigenvalue weighted by Gasteiger charge is -2.04. The van der Waals surface area contributed by atoms with Gasteiger partial charge in [-0.15, -0.1) is 0 Å². The summed E-state index contributed by atoms with van der Waals surface area (Å²) in [6.45, 7) is 0.843. The molecule has 0 unspecified atom stereocenters. The fraction of sp³-hybridized carbons (Fsp3) is 0.238. The molecule has 148 valence electrons. The summed E-state index contributed by atoms with van der Waals surface area (Å²) in [5, 5.41) is 18.7. The lowest BCUT2D eigenvalue weighted by atomic mass is 10.1. The number of anilines is 1. The van der Waals surface area contributed by atoms with Crippen LogP contribution < -0.4 is 10.6 Å². The standard InChI is InChI=1S/C21H21N5O3/c22-11-16-4-1-5-17(10-16)14-26-15-18(12-24-26)25-21(28)8-2-7-20(27)23-13-19-6-3-9-29-19/h1,3-6,9-10,12,15H,2,7-8,13-14H2,(H,23,27)(H,25,28). The van der Waals surface area contributed by atoms with Gasteiger partial charge in [0.25, 0.3) is 0 Å². The van der Waals surface area contributed by atoms with Gasteiger partial charge >= 0.3 is 0 Å². The van der Waals surface area contributed by atoms with E-state index in [1.54, 1.807) is 47.6 Å². The molecule has 0 aliphatic carbocycles. The molecule has 0 atom stereocenters. The van der Waals surface area contributed by atoms with Crippen molar-refractivity contribution in [1.29, 1.82) is 5.26 Å². The number of hydrogen-bond donors (Lipinski definition) is 2. The highest BCUT2D eigenvalue weighted by Gasteiger charge is 2.08. The second-order valence-corrected chi connectivity index (χ2v) is 6.50. The topological polar surface area (TPSA) is 113 Å². The van der Waals surface area contributed by atoms with Gasteiger partial charge in [-0.25, -0.2) is 0 Å². The molecule has 3 rings (SSSR count). The van der Waals surface area contributed by atoms with Crippen molar-refractivity contribution in [3.63, 3.8) is 0 Å². The average Bonchev–Trinajstić information content (AvgIpc) is 3.39. The van der Waals surface area contributed by atoms with E-state index in [2.05, 4.69) is 21.8 Å². The Kier molecular flexibility index (Phi) is 6.79. The molecular formula is C21H21N5O3. The maximum absolute atomic E-state index is 12.1.